The van der Waals surface area contributed by atoms with E-state index < -0.39 is 10.9 Å². The minimum Gasteiger partial charge on any atom is -0.464 e. The topological polar surface area (TPSA) is 73.3 Å². The largest absolute Gasteiger partial charge is 0.464 e. The SMILES string of the molecule is N[SH](=O)=O.c1ccc2occc2c1. The van der Waals surface area contributed by atoms with Gasteiger partial charge in [-0.1, -0.05) is 18.2 Å². The average Bonchev–Trinajstić information content (AvgIpc) is 2.49. The Morgan fingerprint density at radius 2 is 1.77 bits per heavy atom. The molecule has 0 saturated heterocycles. The summed E-state index contributed by atoms with van der Waals surface area (Å²) >= 11 is 0. The molecule has 0 saturated carbocycles. The lowest BCUT2D eigenvalue weighted by atomic mass is 10.3. The molecule has 70 valence electrons. The summed E-state index contributed by atoms with van der Waals surface area (Å²) in [5.74, 6) is 0. The normalized spacial score (nSPS) is 9.69. The van der Waals surface area contributed by atoms with Gasteiger partial charge >= 0.3 is 0 Å². The van der Waals surface area contributed by atoms with Crippen LogP contribution in [0.1, 0.15) is 0 Å². The summed E-state index contributed by atoms with van der Waals surface area (Å²) < 4.78 is 22.7. The van der Waals surface area contributed by atoms with Crippen LogP contribution < -0.4 is 5.14 Å². The van der Waals surface area contributed by atoms with E-state index in [2.05, 4.69) is 5.14 Å². The molecule has 0 amide bonds. The van der Waals surface area contributed by atoms with Gasteiger partial charge in [0, 0.05) is 5.39 Å². The number of furan rings is 1. The first-order chi connectivity index (χ1) is 6.20. The van der Waals surface area contributed by atoms with Gasteiger partial charge in [0.2, 0.25) is 0 Å². The minimum atomic E-state index is -2.62. The van der Waals surface area contributed by atoms with Crippen LogP contribution in [0.2, 0.25) is 0 Å². The molecule has 0 radical (unpaired) electrons. The highest BCUT2D eigenvalue weighted by atomic mass is 32.2. The molecular formula is C8H9NO3S. The van der Waals surface area contributed by atoms with E-state index in [0.717, 1.165) is 11.0 Å². The molecule has 0 unspecified atom stereocenters. The number of hydrogen-bond acceptors (Lipinski definition) is 3. The van der Waals surface area contributed by atoms with Gasteiger partial charge in [-0.2, -0.15) is 0 Å². The summed E-state index contributed by atoms with van der Waals surface area (Å²) in [6.45, 7) is 0. The number of nitrogens with two attached hydrogens (primary N) is 1. The Morgan fingerprint density at radius 3 is 2.38 bits per heavy atom. The monoisotopic (exact) mass is 199 g/mol. The van der Waals surface area contributed by atoms with E-state index in [1.165, 1.54) is 0 Å². The van der Waals surface area contributed by atoms with Crippen molar-refractivity contribution in [3.8, 4) is 0 Å². The van der Waals surface area contributed by atoms with Crippen molar-refractivity contribution in [1.82, 2.24) is 0 Å². The van der Waals surface area contributed by atoms with Crippen LogP contribution in [0, 0.1) is 0 Å². The maximum absolute atomic E-state index is 8.81. The lowest BCUT2D eigenvalue weighted by Gasteiger charge is -1.81. The van der Waals surface area contributed by atoms with Gasteiger partial charge in [0.15, 0.2) is 10.9 Å². The first-order valence-electron chi connectivity index (χ1n) is 3.51. The summed E-state index contributed by atoms with van der Waals surface area (Å²) in [4.78, 5) is 0. The fourth-order valence-corrected chi connectivity index (χ4v) is 0.906. The van der Waals surface area contributed by atoms with Gasteiger partial charge < -0.3 is 4.42 Å². The zero-order valence-electron chi connectivity index (χ0n) is 6.71. The van der Waals surface area contributed by atoms with Crippen LogP contribution >= 0.6 is 0 Å². The molecule has 0 aliphatic heterocycles. The number of thiol groups is 1. The standard InChI is InChI=1S/C8H6O.H3NO2S/c1-2-4-8-7(3-1)5-6-9-8;1-4(2)3/h1-6H;4H,(H2,1,2,3). The van der Waals surface area contributed by atoms with E-state index >= 15 is 0 Å². The fraction of sp³-hybridized carbons (Fsp3) is 0. The molecule has 1 heterocycles. The Morgan fingerprint density at radius 1 is 1.15 bits per heavy atom. The Bertz CT molecular complexity index is 409. The molecule has 0 atom stereocenters. The third-order valence-electron chi connectivity index (χ3n) is 1.36. The highest BCUT2D eigenvalue weighted by Crippen LogP contribution is 2.12. The van der Waals surface area contributed by atoms with Gasteiger partial charge in [0.25, 0.3) is 0 Å². The Balaban J connectivity index is 0.000000184. The molecule has 0 spiro atoms. The van der Waals surface area contributed by atoms with E-state index in [1.54, 1.807) is 6.26 Å². The minimum absolute atomic E-state index is 0.956. The molecule has 2 N–H and O–H groups in total. The van der Waals surface area contributed by atoms with Crippen LogP contribution in [0.25, 0.3) is 11.0 Å². The second kappa shape index (κ2) is 4.64. The quantitative estimate of drug-likeness (QED) is 0.619. The van der Waals surface area contributed by atoms with Crippen molar-refractivity contribution in [3.63, 3.8) is 0 Å². The molecule has 0 aliphatic carbocycles. The predicted octanol–water partition coefficient (Wildman–Crippen LogP) is 0.904. The third kappa shape index (κ3) is 3.27. The van der Waals surface area contributed by atoms with Crippen LogP contribution in [0.3, 0.4) is 0 Å². The van der Waals surface area contributed by atoms with Crippen molar-refractivity contribution in [2.24, 2.45) is 5.14 Å². The van der Waals surface area contributed by atoms with E-state index in [-0.39, 0.29) is 0 Å². The molecule has 0 bridgehead atoms. The first-order valence-corrected chi connectivity index (χ1v) is 4.76. The van der Waals surface area contributed by atoms with Crippen LogP contribution in [-0.2, 0) is 10.9 Å². The van der Waals surface area contributed by atoms with E-state index in [9.17, 15) is 0 Å². The number of hydrogen-bond donors (Lipinski definition) is 2. The molecule has 13 heavy (non-hydrogen) atoms. The molecule has 4 nitrogen and oxygen atoms in total. The van der Waals surface area contributed by atoms with Crippen molar-refractivity contribution in [2.75, 3.05) is 0 Å². The van der Waals surface area contributed by atoms with Gasteiger partial charge in [-0.15, -0.1) is 0 Å². The number of benzene rings is 1. The molecule has 1 aromatic heterocycles. The molecular weight excluding hydrogens is 190 g/mol. The number of para-hydroxylation sites is 1. The summed E-state index contributed by atoms with van der Waals surface area (Å²) in [5.41, 5.74) is 0.956. The maximum atomic E-state index is 8.81. The van der Waals surface area contributed by atoms with E-state index in [4.69, 9.17) is 12.8 Å². The van der Waals surface area contributed by atoms with Crippen LogP contribution in [0.4, 0.5) is 0 Å². The third-order valence-corrected chi connectivity index (χ3v) is 1.36. The van der Waals surface area contributed by atoms with Gasteiger partial charge in [-0.25, -0.2) is 13.6 Å². The second-order valence-corrected chi connectivity index (χ2v) is 2.81. The molecule has 0 fully saturated rings. The summed E-state index contributed by atoms with van der Waals surface area (Å²) in [6, 6.07) is 9.90. The lowest BCUT2D eigenvalue weighted by Crippen LogP contribution is -1.85. The molecule has 2 rings (SSSR count). The smallest absolute Gasteiger partial charge is 0.198 e. The number of rotatable bonds is 0. The molecule has 1 aromatic carbocycles. The summed E-state index contributed by atoms with van der Waals surface area (Å²) in [7, 11) is -2.62. The Kier molecular flexibility index (Phi) is 3.48. The van der Waals surface area contributed by atoms with Crippen molar-refractivity contribution < 1.29 is 12.8 Å². The highest BCUT2D eigenvalue weighted by molar-refractivity contribution is 7.69. The maximum Gasteiger partial charge on any atom is 0.198 e. The summed E-state index contributed by atoms with van der Waals surface area (Å²) in [6.07, 6.45) is 1.70. The van der Waals surface area contributed by atoms with Gasteiger partial charge in [0.1, 0.15) is 5.58 Å². The Labute approximate surface area is 77.0 Å². The average molecular weight is 199 g/mol. The van der Waals surface area contributed by atoms with E-state index in [0.29, 0.717) is 0 Å². The number of fused-ring (bicyclic) bond motifs is 1. The zero-order valence-corrected chi connectivity index (χ0v) is 7.61. The van der Waals surface area contributed by atoms with Gasteiger partial charge in [-0.05, 0) is 12.1 Å². The lowest BCUT2D eigenvalue weighted by molar-refractivity contribution is 0.615. The van der Waals surface area contributed by atoms with Crippen LogP contribution in [0.5, 0.6) is 0 Å². The van der Waals surface area contributed by atoms with Crippen LogP contribution in [0.15, 0.2) is 41.0 Å². The molecule has 2 aromatic rings. The van der Waals surface area contributed by atoms with Crippen molar-refractivity contribution >= 4 is 21.9 Å². The van der Waals surface area contributed by atoms with Crippen molar-refractivity contribution in [2.45, 2.75) is 0 Å². The van der Waals surface area contributed by atoms with Crippen molar-refractivity contribution in [3.05, 3.63) is 36.6 Å². The Hall–Kier alpha value is -1.33. The molecule has 0 aliphatic rings. The van der Waals surface area contributed by atoms with Crippen LogP contribution in [-0.4, -0.2) is 8.42 Å². The predicted molar refractivity (Wildman–Crippen MR) is 50.7 cm³/mol. The van der Waals surface area contributed by atoms with E-state index in [1.807, 2.05) is 30.3 Å². The first kappa shape index (κ1) is 9.76. The zero-order chi connectivity index (χ0) is 9.68. The highest BCUT2D eigenvalue weighted by Gasteiger charge is 1.89. The fourth-order valence-electron chi connectivity index (χ4n) is 0.906. The van der Waals surface area contributed by atoms with Crippen molar-refractivity contribution in [1.29, 1.82) is 0 Å². The molecule has 5 heteroatoms. The second-order valence-electron chi connectivity index (χ2n) is 2.24. The van der Waals surface area contributed by atoms with Gasteiger partial charge in [0.05, 0.1) is 6.26 Å². The van der Waals surface area contributed by atoms with Gasteiger partial charge in [-0.3, -0.25) is 0 Å². The summed E-state index contributed by atoms with van der Waals surface area (Å²) in [5, 5.41) is 5.23.